The van der Waals surface area contributed by atoms with Crippen LogP contribution in [0.25, 0.3) is 0 Å². The van der Waals surface area contributed by atoms with Crippen LogP contribution < -0.4 is 5.32 Å². The summed E-state index contributed by atoms with van der Waals surface area (Å²) in [4.78, 5) is 24.0. The second-order valence-electron chi connectivity index (χ2n) is 6.14. The molecule has 1 aromatic carbocycles. The predicted molar refractivity (Wildman–Crippen MR) is 85.3 cm³/mol. The first-order valence-electron chi connectivity index (χ1n) is 8.29. The van der Waals surface area contributed by atoms with Gasteiger partial charge < -0.3 is 10.1 Å². The molecule has 0 heterocycles. The van der Waals surface area contributed by atoms with Crippen molar-refractivity contribution in [1.82, 2.24) is 5.32 Å². The van der Waals surface area contributed by atoms with E-state index in [0.717, 1.165) is 25.7 Å². The molecule has 1 amide bonds. The van der Waals surface area contributed by atoms with E-state index in [0.29, 0.717) is 5.56 Å². The predicted octanol–water partition coefficient (Wildman–Crippen LogP) is 3.14. The number of halogens is 1. The van der Waals surface area contributed by atoms with Gasteiger partial charge in [-0.15, -0.1) is 0 Å². The van der Waals surface area contributed by atoms with E-state index in [1.165, 1.54) is 25.0 Å². The Kier molecular flexibility index (Phi) is 6.56. The molecule has 0 aliphatic heterocycles. The SMILES string of the molecule is C[C@@H](OC(=O)Cc1cccc(F)c1)C(=O)NC1CCCCCC1. The molecule has 4 nitrogen and oxygen atoms in total. The molecule has 1 aromatic rings. The molecule has 0 saturated heterocycles. The monoisotopic (exact) mass is 321 g/mol. The highest BCUT2D eigenvalue weighted by molar-refractivity contribution is 5.84. The summed E-state index contributed by atoms with van der Waals surface area (Å²) in [5.74, 6) is -1.18. The Labute approximate surface area is 136 Å². The maximum absolute atomic E-state index is 13.1. The van der Waals surface area contributed by atoms with Crippen LogP contribution in [-0.2, 0) is 20.7 Å². The van der Waals surface area contributed by atoms with Gasteiger partial charge in [0.25, 0.3) is 5.91 Å². The Morgan fingerprint density at radius 3 is 2.61 bits per heavy atom. The van der Waals surface area contributed by atoms with E-state index in [9.17, 15) is 14.0 Å². The van der Waals surface area contributed by atoms with Gasteiger partial charge in [-0.1, -0.05) is 37.8 Å². The maximum atomic E-state index is 13.1. The van der Waals surface area contributed by atoms with Crippen molar-refractivity contribution in [3.63, 3.8) is 0 Å². The number of nitrogens with one attached hydrogen (secondary N) is 1. The largest absolute Gasteiger partial charge is 0.452 e. The smallest absolute Gasteiger partial charge is 0.311 e. The lowest BCUT2D eigenvalue weighted by atomic mass is 10.1. The Balaban J connectivity index is 1.79. The summed E-state index contributed by atoms with van der Waals surface area (Å²) < 4.78 is 18.2. The number of carbonyl (C=O) groups is 2. The molecule has 126 valence electrons. The molecule has 1 saturated carbocycles. The molecule has 0 unspecified atom stereocenters. The van der Waals surface area contributed by atoms with Gasteiger partial charge in [-0.25, -0.2) is 4.39 Å². The van der Waals surface area contributed by atoms with Gasteiger partial charge in [-0.05, 0) is 37.5 Å². The molecular formula is C18H24FNO3. The Hall–Kier alpha value is -1.91. The van der Waals surface area contributed by atoms with Gasteiger partial charge in [0.2, 0.25) is 0 Å². The minimum Gasteiger partial charge on any atom is -0.452 e. The summed E-state index contributed by atoms with van der Waals surface area (Å²) in [6.45, 7) is 1.56. The number of hydrogen-bond acceptors (Lipinski definition) is 3. The van der Waals surface area contributed by atoms with Gasteiger partial charge >= 0.3 is 5.97 Å². The molecule has 1 aliphatic rings. The summed E-state index contributed by atoms with van der Waals surface area (Å²) in [7, 11) is 0. The Morgan fingerprint density at radius 2 is 1.96 bits per heavy atom. The molecular weight excluding hydrogens is 297 g/mol. The molecule has 0 radical (unpaired) electrons. The third kappa shape index (κ3) is 6.00. The number of esters is 1. The van der Waals surface area contributed by atoms with Crippen molar-refractivity contribution in [2.24, 2.45) is 0 Å². The number of hydrogen-bond donors (Lipinski definition) is 1. The third-order valence-electron chi connectivity index (χ3n) is 4.12. The van der Waals surface area contributed by atoms with Gasteiger partial charge in [-0.3, -0.25) is 9.59 Å². The fraction of sp³-hybridized carbons (Fsp3) is 0.556. The zero-order valence-electron chi connectivity index (χ0n) is 13.5. The standard InChI is InChI=1S/C18H24FNO3/c1-13(18(22)20-16-9-4-2-3-5-10-16)23-17(21)12-14-7-6-8-15(19)11-14/h6-8,11,13,16H,2-5,9-10,12H2,1H3,(H,20,22)/t13-/m1/s1. The zero-order valence-corrected chi connectivity index (χ0v) is 13.5. The van der Waals surface area contributed by atoms with Gasteiger partial charge in [0, 0.05) is 6.04 Å². The number of amides is 1. The lowest BCUT2D eigenvalue weighted by Gasteiger charge is -2.19. The van der Waals surface area contributed by atoms with E-state index < -0.39 is 17.9 Å². The molecule has 1 N–H and O–H groups in total. The first-order valence-corrected chi connectivity index (χ1v) is 8.29. The average molecular weight is 321 g/mol. The third-order valence-corrected chi connectivity index (χ3v) is 4.12. The zero-order chi connectivity index (χ0) is 16.7. The lowest BCUT2D eigenvalue weighted by Crippen LogP contribution is -2.42. The highest BCUT2D eigenvalue weighted by Gasteiger charge is 2.21. The normalized spacial score (nSPS) is 17.1. The van der Waals surface area contributed by atoms with Crippen molar-refractivity contribution in [2.45, 2.75) is 64.0 Å². The first-order chi connectivity index (χ1) is 11.0. The summed E-state index contributed by atoms with van der Waals surface area (Å²) >= 11 is 0. The number of ether oxygens (including phenoxy) is 1. The molecule has 1 fully saturated rings. The van der Waals surface area contributed by atoms with Crippen molar-refractivity contribution < 1.29 is 18.7 Å². The van der Waals surface area contributed by atoms with E-state index in [2.05, 4.69) is 5.32 Å². The van der Waals surface area contributed by atoms with Crippen LogP contribution in [0.2, 0.25) is 0 Å². The number of rotatable bonds is 5. The summed E-state index contributed by atoms with van der Waals surface area (Å²) in [5.41, 5.74) is 0.534. The minimum absolute atomic E-state index is 0.0428. The first kappa shape index (κ1) is 17.4. The minimum atomic E-state index is -0.834. The quantitative estimate of drug-likeness (QED) is 0.669. The van der Waals surface area contributed by atoms with Crippen LogP contribution in [0.4, 0.5) is 4.39 Å². The molecule has 1 atom stereocenters. The van der Waals surface area contributed by atoms with Crippen LogP contribution in [0.15, 0.2) is 24.3 Å². The summed E-state index contributed by atoms with van der Waals surface area (Å²) in [6.07, 6.45) is 5.76. The van der Waals surface area contributed by atoms with Crippen molar-refractivity contribution in [3.05, 3.63) is 35.6 Å². The van der Waals surface area contributed by atoms with Crippen LogP contribution in [0.3, 0.4) is 0 Å². The molecule has 0 aromatic heterocycles. The second kappa shape index (κ2) is 8.65. The number of carbonyl (C=O) groups excluding carboxylic acids is 2. The van der Waals surface area contributed by atoms with E-state index in [1.54, 1.807) is 19.1 Å². The lowest BCUT2D eigenvalue weighted by molar-refractivity contribution is -0.154. The van der Waals surface area contributed by atoms with E-state index >= 15 is 0 Å². The Bertz CT molecular complexity index is 539. The van der Waals surface area contributed by atoms with Crippen molar-refractivity contribution >= 4 is 11.9 Å². The summed E-state index contributed by atoms with van der Waals surface area (Å²) in [6, 6.07) is 5.98. The number of benzene rings is 1. The average Bonchev–Trinajstić information content (AvgIpc) is 2.75. The second-order valence-corrected chi connectivity index (χ2v) is 6.14. The van der Waals surface area contributed by atoms with Crippen molar-refractivity contribution in [1.29, 1.82) is 0 Å². The van der Waals surface area contributed by atoms with Gasteiger partial charge in [-0.2, -0.15) is 0 Å². The molecule has 2 rings (SSSR count). The molecule has 5 heteroatoms. The molecule has 1 aliphatic carbocycles. The highest BCUT2D eigenvalue weighted by Crippen LogP contribution is 2.17. The molecule has 23 heavy (non-hydrogen) atoms. The van der Waals surface area contributed by atoms with E-state index in [-0.39, 0.29) is 18.4 Å². The van der Waals surface area contributed by atoms with Crippen LogP contribution in [-0.4, -0.2) is 24.0 Å². The van der Waals surface area contributed by atoms with Crippen LogP contribution >= 0.6 is 0 Å². The topological polar surface area (TPSA) is 55.4 Å². The van der Waals surface area contributed by atoms with E-state index in [4.69, 9.17) is 4.74 Å². The van der Waals surface area contributed by atoms with Crippen LogP contribution in [0, 0.1) is 5.82 Å². The van der Waals surface area contributed by atoms with Crippen LogP contribution in [0.1, 0.15) is 51.0 Å². The van der Waals surface area contributed by atoms with Crippen molar-refractivity contribution in [2.75, 3.05) is 0 Å². The van der Waals surface area contributed by atoms with Crippen molar-refractivity contribution in [3.8, 4) is 0 Å². The van der Waals surface area contributed by atoms with E-state index in [1.807, 2.05) is 0 Å². The fourth-order valence-corrected chi connectivity index (χ4v) is 2.85. The van der Waals surface area contributed by atoms with Gasteiger partial charge in [0.15, 0.2) is 6.10 Å². The Morgan fingerprint density at radius 1 is 1.26 bits per heavy atom. The molecule has 0 spiro atoms. The van der Waals surface area contributed by atoms with Gasteiger partial charge in [0.05, 0.1) is 6.42 Å². The highest BCUT2D eigenvalue weighted by atomic mass is 19.1. The maximum Gasteiger partial charge on any atom is 0.311 e. The fourth-order valence-electron chi connectivity index (χ4n) is 2.85. The molecule has 0 bridgehead atoms. The summed E-state index contributed by atoms with van der Waals surface area (Å²) in [5, 5.41) is 2.96. The van der Waals surface area contributed by atoms with Crippen LogP contribution in [0.5, 0.6) is 0 Å². The van der Waals surface area contributed by atoms with Gasteiger partial charge in [0.1, 0.15) is 5.82 Å².